The van der Waals surface area contributed by atoms with Gasteiger partial charge in [0.25, 0.3) is 5.91 Å². The van der Waals surface area contributed by atoms with E-state index in [4.69, 9.17) is 9.47 Å². The molecule has 2 aliphatic rings. The zero-order valence-corrected chi connectivity index (χ0v) is 23.4. The van der Waals surface area contributed by atoms with E-state index in [2.05, 4.69) is 10.2 Å². The summed E-state index contributed by atoms with van der Waals surface area (Å²) in [6.07, 6.45) is 0. The van der Waals surface area contributed by atoms with Crippen LogP contribution < -0.4 is 10.1 Å². The number of nitrogens with one attached hydrogen (secondary N) is 1. The molecule has 2 heterocycles. The Kier molecular flexibility index (Phi) is 8.91. The average molecular weight is 535 g/mol. The number of hydrogen-bond acceptors (Lipinski definition) is 6. The molecule has 2 aliphatic heterocycles. The van der Waals surface area contributed by atoms with Gasteiger partial charge in [-0.15, -0.1) is 0 Å². The molecule has 0 saturated carbocycles. The lowest BCUT2D eigenvalue weighted by Gasteiger charge is -2.43. The minimum absolute atomic E-state index is 0.0424. The fourth-order valence-corrected chi connectivity index (χ4v) is 5.37. The minimum atomic E-state index is -0.609. The predicted molar refractivity (Wildman–Crippen MR) is 148 cm³/mol. The van der Waals surface area contributed by atoms with E-state index in [1.54, 1.807) is 31.1 Å². The Balaban J connectivity index is 1.62. The number of piperazine rings is 1. The molecule has 9 nitrogen and oxygen atoms in total. The van der Waals surface area contributed by atoms with Crippen molar-refractivity contribution in [2.75, 3.05) is 46.4 Å². The van der Waals surface area contributed by atoms with Gasteiger partial charge in [-0.3, -0.25) is 14.6 Å². The number of benzene rings is 2. The van der Waals surface area contributed by atoms with Crippen LogP contribution in [0.25, 0.3) is 0 Å². The fraction of sp³-hybridized carbons (Fsp3) is 0.433. The highest BCUT2D eigenvalue weighted by molar-refractivity contribution is 5.96. The highest BCUT2D eigenvalue weighted by Gasteiger charge is 2.39. The molecule has 39 heavy (non-hydrogen) atoms. The first kappa shape index (κ1) is 28.2. The second kappa shape index (κ2) is 12.3. The second-order valence-corrected chi connectivity index (χ2v) is 9.94. The summed E-state index contributed by atoms with van der Waals surface area (Å²) < 4.78 is 10.8. The summed E-state index contributed by atoms with van der Waals surface area (Å²) >= 11 is 0. The van der Waals surface area contributed by atoms with E-state index in [1.807, 2.05) is 62.1 Å². The lowest BCUT2D eigenvalue weighted by molar-refractivity contribution is -0.139. The van der Waals surface area contributed by atoms with E-state index >= 15 is 0 Å². The number of esters is 1. The van der Waals surface area contributed by atoms with Crippen LogP contribution in [0.15, 0.2) is 59.8 Å². The van der Waals surface area contributed by atoms with Gasteiger partial charge in [0.2, 0.25) is 0 Å². The van der Waals surface area contributed by atoms with E-state index in [-0.39, 0.29) is 24.6 Å². The molecule has 2 aromatic rings. The third-order valence-electron chi connectivity index (χ3n) is 7.29. The molecule has 3 amide bonds. The van der Waals surface area contributed by atoms with Gasteiger partial charge in [-0.2, -0.15) is 0 Å². The van der Waals surface area contributed by atoms with Crippen molar-refractivity contribution in [1.82, 2.24) is 20.0 Å². The monoisotopic (exact) mass is 534 g/mol. The first-order valence-corrected chi connectivity index (χ1v) is 13.5. The maximum Gasteiger partial charge on any atom is 0.338 e. The summed E-state index contributed by atoms with van der Waals surface area (Å²) in [5.74, 6) is 0.167. The van der Waals surface area contributed by atoms with Crippen LogP contribution in [0.4, 0.5) is 4.79 Å². The number of methoxy groups -OCH3 is 1. The second-order valence-electron chi connectivity index (χ2n) is 9.94. The molecule has 0 bridgehead atoms. The molecule has 0 aromatic heterocycles. The van der Waals surface area contributed by atoms with E-state index < -0.39 is 12.0 Å². The number of rotatable bonds is 8. The van der Waals surface area contributed by atoms with Crippen LogP contribution in [0.5, 0.6) is 5.75 Å². The number of aryl methyl sites for hydroxylation is 1. The van der Waals surface area contributed by atoms with Gasteiger partial charge >= 0.3 is 12.0 Å². The Bertz CT molecular complexity index is 1260. The number of carbonyl (C=O) groups excluding carboxylic acids is 3. The largest absolute Gasteiger partial charge is 0.497 e. The number of amides is 3. The van der Waals surface area contributed by atoms with Crippen molar-refractivity contribution in [3.05, 3.63) is 76.5 Å². The summed E-state index contributed by atoms with van der Waals surface area (Å²) in [6.45, 7) is 10.4. The summed E-state index contributed by atoms with van der Waals surface area (Å²) in [4.78, 5) is 45.6. The van der Waals surface area contributed by atoms with Gasteiger partial charge in [-0.1, -0.05) is 35.9 Å². The number of carbonyl (C=O) groups is 3. The van der Waals surface area contributed by atoms with Crippen molar-refractivity contribution in [2.45, 2.75) is 39.8 Å². The summed E-state index contributed by atoms with van der Waals surface area (Å²) in [7, 11) is 1.58. The maximum absolute atomic E-state index is 13.4. The zero-order chi connectivity index (χ0) is 28.1. The Hall–Kier alpha value is -3.85. The van der Waals surface area contributed by atoms with Crippen LogP contribution in [0.3, 0.4) is 0 Å². The molecule has 1 N–H and O–H groups in total. The highest BCUT2D eigenvalue weighted by Crippen LogP contribution is 2.33. The SMILES string of the molecule is CCOC(=O)C1=C(CN2CCN(C(=O)c3cccc(OC)c3)C(C)C2)N(CC)C(=O)NC1c1cccc(C)c1. The van der Waals surface area contributed by atoms with E-state index in [0.717, 1.165) is 11.1 Å². The van der Waals surface area contributed by atoms with Gasteiger partial charge in [0.1, 0.15) is 5.75 Å². The Morgan fingerprint density at radius 1 is 1.08 bits per heavy atom. The third kappa shape index (κ3) is 6.09. The van der Waals surface area contributed by atoms with Gasteiger partial charge in [0.15, 0.2) is 0 Å². The number of hydrogen-bond donors (Lipinski definition) is 1. The van der Waals surface area contributed by atoms with Gasteiger partial charge in [0.05, 0.1) is 25.3 Å². The Morgan fingerprint density at radius 2 is 1.85 bits per heavy atom. The van der Waals surface area contributed by atoms with Crippen molar-refractivity contribution in [3.8, 4) is 5.75 Å². The lowest BCUT2D eigenvalue weighted by atomic mass is 9.93. The van der Waals surface area contributed by atoms with Crippen molar-refractivity contribution >= 4 is 17.9 Å². The summed E-state index contributed by atoms with van der Waals surface area (Å²) in [5, 5.41) is 3.02. The van der Waals surface area contributed by atoms with Crippen LogP contribution in [0, 0.1) is 6.92 Å². The zero-order valence-electron chi connectivity index (χ0n) is 23.4. The molecule has 1 fully saturated rings. The standard InChI is InChI=1S/C30H38N4O5/c1-6-33-25(26(29(36)39-7-2)27(31-30(33)37)22-11-8-10-20(3)16-22)19-32-14-15-34(21(4)18-32)28(35)23-12-9-13-24(17-23)38-5/h8-13,16-17,21,27H,6-7,14-15,18-19H2,1-5H3,(H,31,37). The number of likely N-dealkylation sites (N-methyl/N-ethyl adjacent to an activating group) is 1. The predicted octanol–water partition coefficient (Wildman–Crippen LogP) is 3.75. The van der Waals surface area contributed by atoms with Crippen LogP contribution in [0.2, 0.25) is 0 Å². The molecule has 1 saturated heterocycles. The maximum atomic E-state index is 13.4. The van der Waals surface area contributed by atoms with Gasteiger partial charge in [-0.05, 0) is 51.5 Å². The topological polar surface area (TPSA) is 91.4 Å². The van der Waals surface area contributed by atoms with Crippen LogP contribution in [-0.4, -0.2) is 85.1 Å². The van der Waals surface area contributed by atoms with Crippen LogP contribution in [0.1, 0.15) is 48.3 Å². The molecule has 0 spiro atoms. The first-order chi connectivity index (χ1) is 18.8. The molecule has 9 heteroatoms. The Morgan fingerprint density at radius 3 is 2.51 bits per heavy atom. The molecular formula is C30H38N4O5. The molecule has 2 aromatic carbocycles. The van der Waals surface area contributed by atoms with Gasteiger partial charge in [-0.25, -0.2) is 9.59 Å². The third-order valence-corrected chi connectivity index (χ3v) is 7.29. The molecule has 2 atom stereocenters. The van der Waals surface area contributed by atoms with Crippen LogP contribution in [-0.2, 0) is 9.53 Å². The van der Waals surface area contributed by atoms with Crippen molar-refractivity contribution < 1.29 is 23.9 Å². The Labute approximate surface area is 230 Å². The summed E-state index contributed by atoms with van der Waals surface area (Å²) in [5.41, 5.74) is 3.55. The molecule has 0 radical (unpaired) electrons. The van der Waals surface area contributed by atoms with E-state index in [1.165, 1.54) is 0 Å². The van der Waals surface area contributed by atoms with E-state index in [9.17, 15) is 14.4 Å². The van der Waals surface area contributed by atoms with Crippen molar-refractivity contribution in [2.24, 2.45) is 0 Å². The normalized spacial score (nSPS) is 20.1. The molecular weight excluding hydrogens is 496 g/mol. The number of urea groups is 1. The highest BCUT2D eigenvalue weighted by atomic mass is 16.5. The molecule has 208 valence electrons. The fourth-order valence-electron chi connectivity index (χ4n) is 5.37. The summed E-state index contributed by atoms with van der Waals surface area (Å²) in [6, 6.07) is 14.1. The molecule has 4 rings (SSSR count). The minimum Gasteiger partial charge on any atom is -0.497 e. The molecule has 2 unspecified atom stereocenters. The smallest absolute Gasteiger partial charge is 0.338 e. The number of ether oxygens (including phenoxy) is 2. The average Bonchev–Trinajstić information content (AvgIpc) is 2.92. The van der Waals surface area contributed by atoms with Crippen molar-refractivity contribution in [3.63, 3.8) is 0 Å². The number of nitrogens with zero attached hydrogens (tertiary/aromatic N) is 3. The molecule has 0 aliphatic carbocycles. The van der Waals surface area contributed by atoms with Gasteiger partial charge < -0.3 is 19.7 Å². The first-order valence-electron chi connectivity index (χ1n) is 13.5. The van der Waals surface area contributed by atoms with Crippen molar-refractivity contribution in [1.29, 1.82) is 0 Å². The quantitative estimate of drug-likeness (QED) is 0.519. The van der Waals surface area contributed by atoms with Crippen LogP contribution >= 0.6 is 0 Å². The lowest BCUT2D eigenvalue weighted by Crippen LogP contribution is -2.56. The van der Waals surface area contributed by atoms with Gasteiger partial charge in [0, 0.05) is 50.0 Å². The van der Waals surface area contributed by atoms with E-state index in [0.29, 0.717) is 55.3 Å².